The topological polar surface area (TPSA) is 16.4 Å². The molecular weight excluding hydrogens is 703 g/mol. The van der Waals surface area contributed by atoms with E-state index in [0.717, 1.165) is 55.7 Å². The molecule has 0 aliphatic heterocycles. The second kappa shape index (κ2) is 14.1. The monoisotopic (exact) mass is 739 g/mol. The molecule has 11 aromatic rings. The Hall–Kier alpha value is -7.68. The number of furan rings is 1. The molecule has 10 aromatic carbocycles. The van der Waals surface area contributed by atoms with Gasteiger partial charge in [-0.05, 0) is 79.9 Å². The van der Waals surface area contributed by atoms with Crippen molar-refractivity contribution in [2.75, 3.05) is 4.90 Å². The van der Waals surface area contributed by atoms with Gasteiger partial charge in [0.2, 0.25) is 0 Å². The number of hydrogen-bond acceptors (Lipinski definition) is 2. The van der Waals surface area contributed by atoms with E-state index in [4.69, 9.17) is 4.42 Å². The third-order valence-corrected chi connectivity index (χ3v) is 11.5. The molecule has 2 nitrogen and oxygen atoms in total. The lowest BCUT2D eigenvalue weighted by molar-refractivity contribution is 0.670. The number of benzene rings is 10. The normalized spacial score (nSPS) is 11.4. The number of para-hydroxylation sites is 3. The summed E-state index contributed by atoms with van der Waals surface area (Å²) in [5.74, 6) is 0. The van der Waals surface area contributed by atoms with Crippen LogP contribution < -0.4 is 4.90 Å². The maximum absolute atomic E-state index is 6.57. The fraction of sp³-hybridized carbons (Fsp3) is 0. The minimum atomic E-state index is 0.895. The lowest BCUT2D eigenvalue weighted by Crippen LogP contribution is -2.12. The first-order valence-electron chi connectivity index (χ1n) is 19.8. The zero-order valence-electron chi connectivity index (χ0n) is 31.7. The Bertz CT molecular complexity index is 3300. The standard InChI is InChI=1S/C56H37NO/c1-2-18-38(19-3-1)42-23-6-7-25-45(42)47-27-8-9-28-48(47)49-29-12-14-34-53(49)57(54-37-40-20-4-5-24-43(40)46-26-10-11-30-50(46)54)41-22-16-21-39(36-41)44-32-17-33-52-51-31-13-15-35-55(51)58-56(44)52/h1-37H. The van der Waals surface area contributed by atoms with Gasteiger partial charge in [0.05, 0.1) is 11.4 Å². The molecule has 2 heteroatoms. The van der Waals surface area contributed by atoms with Gasteiger partial charge in [0.1, 0.15) is 11.2 Å². The van der Waals surface area contributed by atoms with Gasteiger partial charge in [0, 0.05) is 33.0 Å². The number of anilines is 3. The van der Waals surface area contributed by atoms with Crippen LogP contribution in [0.25, 0.3) is 88.0 Å². The van der Waals surface area contributed by atoms with Crippen molar-refractivity contribution in [3.63, 3.8) is 0 Å². The molecule has 0 unspecified atom stereocenters. The molecular formula is C56H37NO. The third kappa shape index (κ3) is 5.66. The quantitative estimate of drug-likeness (QED) is 0.151. The Labute approximate surface area is 337 Å². The van der Waals surface area contributed by atoms with Gasteiger partial charge in [-0.15, -0.1) is 0 Å². The Morgan fingerprint density at radius 1 is 0.293 bits per heavy atom. The summed E-state index contributed by atoms with van der Waals surface area (Å²) in [6.45, 7) is 0. The van der Waals surface area contributed by atoms with Gasteiger partial charge in [0.15, 0.2) is 0 Å². The van der Waals surface area contributed by atoms with E-state index in [1.807, 2.05) is 6.07 Å². The number of hydrogen-bond donors (Lipinski definition) is 0. The van der Waals surface area contributed by atoms with Crippen LogP contribution in [-0.2, 0) is 0 Å². The summed E-state index contributed by atoms with van der Waals surface area (Å²) in [4.78, 5) is 2.46. The van der Waals surface area contributed by atoms with Crippen LogP contribution >= 0.6 is 0 Å². The Morgan fingerprint density at radius 2 is 0.828 bits per heavy atom. The van der Waals surface area contributed by atoms with Crippen LogP contribution in [0.15, 0.2) is 229 Å². The highest BCUT2D eigenvalue weighted by Crippen LogP contribution is 2.48. The zero-order valence-corrected chi connectivity index (χ0v) is 31.7. The molecule has 272 valence electrons. The second-order valence-electron chi connectivity index (χ2n) is 14.8. The van der Waals surface area contributed by atoms with Gasteiger partial charge in [0.25, 0.3) is 0 Å². The van der Waals surface area contributed by atoms with Crippen molar-refractivity contribution in [2.45, 2.75) is 0 Å². The summed E-state index contributed by atoms with van der Waals surface area (Å²) in [5, 5.41) is 7.08. The van der Waals surface area contributed by atoms with E-state index in [2.05, 4.69) is 223 Å². The second-order valence-corrected chi connectivity index (χ2v) is 14.8. The van der Waals surface area contributed by atoms with Gasteiger partial charge >= 0.3 is 0 Å². The molecule has 1 aromatic heterocycles. The van der Waals surface area contributed by atoms with Crippen LogP contribution in [0.4, 0.5) is 17.1 Å². The highest BCUT2D eigenvalue weighted by molar-refractivity contribution is 6.15. The summed E-state index contributed by atoms with van der Waals surface area (Å²) >= 11 is 0. The smallest absolute Gasteiger partial charge is 0.143 e. The first-order valence-corrected chi connectivity index (χ1v) is 19.8. The van der Waals surface area contributed by atoms with Crippen molar-refractivity contribution in [1.29, 1.82) is 0 Å². The van der Waals surface area contributed by atoms with Crippen molar-refractivity contribution in [1.82, 2.24) is 0 Å². The maximum Gasteiger partial charge on any atom is 0.143 e. The first-order chi connectivity index (χ1) is 28.8. The van der Waals surface area contributed by atoms with Crippen molar-refractivity contribution in [3.8, 4) is 44.5 Å². The molecule has 0 radical (unpaired) electrons. The van der Waals surface area contributed by atoms with Crippen molar-refractivity contribution < 1.29 is 4.42 Å². The number of rotatable bonds is 7. The molecule has 0 amide bonds. The van der Waals surface area contributed by atoms with E-state index < -0.39 is 0 Å². The Balaban J connectivity index is 1.17. The van der Waals surface area contributed by atoms with Crippen LogP contribution in [0.2, 0.25) is 0 Å². The summed E-state index contributed by atoms with van der Waals surface area (Å²) in [7, 11) is 0. The summed E-state index contributed by atoms with van der Waals surface area (Å²) in [5.41, 5.74) is 14.3. The van der Waals surface area contributed by atoms with Crippen LogP contribution in [0.3, 0.4) is 0 Å². The van der Waals surface area contributed by atoms with Gasteiger partial charge in [-0.25, -0.2) is 0 Å². The Kier molecular flexibility index (Phi) is 8.19. The molecule has 0 aliphatic carbocycles. The van der Waals surface area contributed by atoms with Crippen molar-refractivity contribution in [3.05, 3.63) is 224 Å². The van der Waals surface area contributed by atoms with Crippen LogP contribution in [0.1, 0.15) is 0 Å². The molecule has 58 heavy (non-hydrogen) atoms. The molecule has 0 aliphatic rings. The van der Waals surface area contributed by atoms with Crippen LogP contribution in [0.5, 0.6) is 0 Å². The van der Waals surface area contributed by atoms with E-state index in [0.29, 0.717) is 0 Å². The fourth-order valence-electron chi connectivity index (χ4n) is 8.85. The molecule has 0 atom stereocenters. The lowest BCUT2D eigenvalue weighted by atomic mass is 9.88. The molecule has 0 saturated heterocycles. The zero-order chi connectivity index (χ0) is 38.4. The fourth-order valence-corrected chi connectivity index (χ4v) is 8.85. The van der Waals surface area contributed by atoms with Crippen LogP contribution in [0, 0.1) is 0 Å². The molecule has 1 heterocycles. The molecule has 0 fully saturated rings. The van der Waals surface area contributed by atoms with E-state index >= 15 is 0 Å². The third-order valence-electron chi connectivity index (χ3n) is 11.5. The lowest BCUT2D eigenvalue weighted by Gasteiger charge is -2.30. The SMILES string of the molecule is c1ccc(-c2ccccc2-c2ccccc2-c2ccccc2N(c2cccc(-c3cccc4c3oc3ccccc34)c2)c2cc3ccccc3c3ccccc23)cc1. The minimum absolute atomic E-state index is 0.895. The van der Waals surface area contributed by atoms with Crippen molar-refractivity contribution in [2.24, 2.45) is 0 Å². The van der Waals surface area contributed by atoms with Gasteiger partial charge in [-0.2, -0.15) is 0 Å². The van der Waals surface area contributed by atoms with Crippen LogP contribution in [-0.4, -0.2) is 0 Å². The number of fused-ring (bicyclic) bond motifs is 6. The highest BCUT2D eigenvalue weighted by Gasteiger charge is 2.23. The number of nitrogens with zero attached hydrogens (tertiary/aromatic N) is 1. The average molecular weight is 740 g/mol. The average Bonchev–Trinajstić information content (AvgIpc) is 3.69. The van der Waals surface area contributed by atoms with E-state index in [1.54, 1.807) is 0 Å². The minimum Gasteiger partial charge on any atom is -0.455 e. The Morgan fingerprint density at radius 3 is 1.64 bits per heavy atom. The maximum atomic E-state index is 6.57. The van der Waals surface area contributed by atoms with E-state index in [-0.39, 0.29) is 0 Å². The largest absolute Gasteiger partial charge is 0.455 e. The summed E-state index contributed by atoms with van der Waals surface area (Å²) < 4.78 is 6.57. The molecule has 0 saturated carbocycles. The summed E-state index contributed by atoms with van der Waals surface area (Å²) in [6, 6.07) is 80.7. The summed E-state index contributed by atoms with van der Waals surface area (Å²) in [6.07, 6.45) is 0. The molecule has 0 spiro atoms. The highest BCUT2D eigenvalue weighted by atomic mass is 16.3. The van der Waals surface area contributed by atoms with Gasteiger partial charge in [-0.1, -0.05) is 194 Å². The van der Waals surface area contributed by atoms with Crippen molar-refractivity contribution >= 4 is 60.5 Å². The van der Waals surface area contributed by atoms with Gasteiger partial charge < -0.3 is 9.32 Å². The first kappa shape index (κ1) is 33.6. The predicted octanol–water partition coefficient (Wildman–Crippen LogP) is 16.0. The molecule has 0 N–H and O–H groups in total. The van der Waals surface area contributed by atoms with E-state index in [9.17, 15) is 0 Å². The molecule has 11 rings (SSSR count). The van der Waals surface area contributed by atoms with E-state index in [1.165, 1.54) is 49.4 Å². The predicted molar refractivity (Wildman–Crippen MR) is 245 cm³/mol. The van der Waals surface area contributed by atoms with Gasteiger partial charge in [-0.3, -0.25) is 0 Å². The molecule has 0 bridgehead atoms.